The Morgan fingerprint density at radius 1 is 1.25 bits per heavy atom. The van der Waals surface area contributed by atoms with Gasteiger partial charge >= 0.3 is 0 Å². The molecule has 0 radical (unpaired) electrons. The van der Waals surface area contributed by atoms with Gasteiger partial charge in [-0.05, 0) is 18.9 Å². The molecule has 0 saturated carbocycles. The first-order valence-electron chi connectivity index (χ1n) is 8.21. The van der Waals surface area contributed by atoms with Gasteiger partial charge < -0.3 is 14.7 Å². The van der Waals surface area contributed by atoms with Crippen LogP contribution in [0.5, 0.6) is 0 Å². The lowest BCUT2D eigenvalue weighted by atomic mass is 10.0. The van der Waals surface area contributed by atoms with E-state index in [0.717, 1.165) is 31.9 Å². The van der Waals surface area contributed by atoms with Crippen molar-refractivity contribution in [1.82, 2.24) is 19.8 Å². The summed E-state index contributed by atoms with van der Waals surface area (Å²) in [5, 5.41) is 0. The number of hydrogen-bond acceptors (Lipinski definition) is 6. The molecule has 3 heterocycles. The number of anilines is 1. The maximum atomic E-state index is 12.8. The lowest BCUT2D eigenvalue weighted by molar-refractivity contribution is -0.143. The summed E-state index contributed by atoms with van der Waals surface area (Å²) in [7, 11) is 1.86. The standard InChI is InChI=1S/C16H23N5O2S/c1-12(22)21-11-24-10-14(21)15(23)19(2)13-4-8-20(9-5-13)16-17-6-3-7-18-16/h3,6-7,13-14H,4-5,8-11H2,1-2H3. The Morgan fingerprint density at radius 2 is 1.92 bits per heavy atom. The van der Waals surface area contributed by atoms with Gasteiger partial charge in [0.2, 0.25) is 17.8 Å². The zero-order chi connectivity index (χ0) is 17.1. The second kappa shape index (κ2) is 7.38. The first kappa shape index (κ1) is 17.0. The molecule has 2 aliphatic rings. The Labute approximate surface area is 146 Å². The highest BCUT2D eigenvalue weighted by molar-refractivity contribution is 7.99. The Morgan fingerprint density at radius 3 is 2.54 bits per heavy atom. The lowest BCUT2D eigenvalue weighted by Crippen LogP contribution is -2.52. The fourth-order valence-electron chi connectivity index (χ4n) is 3.28. The van der Waals surface area contributed by atoms with Gasteiger partial charge in [0.15, 0.2) is 0 Å². The summed E-state index contributed by atoms with van der Waals surface area (Å²) in [6.07, 6.45) is 5.28. The van der Waals surface area contributed by atoms with Crippen LogP contribution in [0.15, 0.2) is 18.5 Å². The molecule has 2 fully saturated rings. The van der Waals surface area contributed by atoms with Crippen LogP contribution in [0.4, 0.5) is 5.95 Å². The molecule has 3 rings (SSSR count). The van der Waals surface area contributed by atoms with Crippen LogP contribution < -0.4 is 4.90 Å². The lowest BCUT2D eigenvalue weighted by Gasteiger charge is -2.38. The van der Waals surface area contributed by atoms with E-state index in [-0.39, 0.29) is 23.9 Å². The van der Waals surface area contributed by atoms with Crippen molar-refractivity contribution in [1.29, 1.82) is 0 Å². The first-order valence-corrected chi connectivity index (χ1v) is 9.37. The van der Waals surface area contributed by atoms with E-state index in [2.05, 4.69) is 14.9 Å². The monoisotopic (exact) mass is 349 g/mol. The molecule has 2 saturated heterocycles. The normalized spacial score (nSPS) is 21.8. The summed E-state index contributed by atoms with van der Waals surface area (Å²) < 4.78 is 0. The number of amides is 2. The molecule has 1 aromatic heterocycles. The van der Waals surface area contributed by atoms with Crippen molar-refractivity contribution in [3.63, 3.8) is 0 Å². The fraction of sp³-hybridized carbons (Fsp3) is 0.625. The van der Waals surface area contributed by atoms with E-state index in [1.165, 1.54) is 6.92 Å². The predicted octanol–water partition coefficient (Wildman–Crippen LogP) is 0.825. The van der Waals surface area contributed by atoms with Crippen LogP contribution >= 0.6 is 11.8 Å². The third kappa shape index (κ3) is 3.48. The third-order valence-electron chi connectivity index (χ3n) is 4.77. The van der Waals surface area contributed by atoms with Crippen LogP contribution in [0.2, 0.25) is 0 Å². The average molecular weight is 349 g/mol. The Hall–Kier alpha value is -1.83. The van der Waals surface area contributed by atoms with Gasteiger partial charge in [0.25, 0.3) is 0 Å². The zero-order valence-electron chi connectivity index (χ0n) is 14.1. The van der Waals surface area contributed by atoms with Crippen LogP contribution in [0, 0.1) is 0 Å². The van der Waals surface area contributed by atoms with Crippen LogP contribution in [0.1, 0.15) is 19.8 Å². The van der Waals surface area contributed by atoms with E-state index in [1.54, 1.807) is 29.1 Å². The maximum absolute atomic E-state index is 12.8. The highest BCUT2D eigenvalue weighted by Crippen LogP contribution is 2.25. The van der Waals surface area contributed by atoms with E-state index in [4.69, 9.17) is 0 Å². The Balaban J connectivity index is 1.58. The number of nitrogens with zero attached hydrogens (tertiary/aromatic N) is 5. The van der Waals surface area contributed by atoms with Crippen molar-refractivity contribution >= 4 is 29.5 Å². The summed E-state index contributed by atoms with van der Waals surface area (Å²) in [6.45, 7) is 3.20. The smallest absolute Gasteiger partial charge is 0.246 e. The minimum Gasteiger partial charge on any atom is -0.341 e. The van der Waals surface area contributed by atoms with Gasteiger partial charge in [0.1, 0.15) is 6.04 Å². The SMILES string of the molecule is CC(=O)N1CSCC1C(=O)N(C)C1CCN(c2ncccn2)CC1. The van der Waals surface area contributed by atoms with Crippen molar-refractivity contribution in [3.05, 3.63) is 18.5 Å². The molecule has 130 valence electrons. The summed E-state index contributed by atoms with van der Waals surface area (Å²) in [4.78, 5) is 38.7. The van der Waals surface area contributed by atoms with Gasteiger partial charge in [0.05, 0.1) is 5.88 Å². The van der Waals surface area contributed by atoms with E-state index in [9.17, 15) is 9.59 Å². The van der Waals surface area contributed by atoms with Crippen molar-refractivity contribution in [2.24, 2.45) is 0 Å². The second-order valence-electron chi connectivity index (χ2n) is 6.22. The van der Waals surface area contributed by atoms with Crippen molar-refractivity contribution < 1.29 is 9.59 Å². The van der Waals surface area contributed by atoms with Crippen molar-refractivity contribution in [2.45, 2.75) is 31.8 Å². The van der Waals surface area contributed by atoms with Gasteiger partial charge in [-0.2, -0.15) is 0 Å². The Kier molecular flexibility index (Phi) is 5.23. The van der Waals surface area contributed by atoms with Crippen LogP contribution in [0.3, 0.4) is 0 Å². The number of hydrogen-bond donors (Lipinski definition) is 0. The number of carbonyl (C=O) groups is 2. The molecule has 8 heteroatoms. The van der Waals surface area contributed by atoms with Gasteiger partial charge in [-0.3, -0.25) is 9.59 Å². The molecule has 0 N–H and O–H groups in total. The van der Waals surface area contributed by atoms with Gasteiger partial charge in [-0.25, -0.2) is 9.97 Å². The molecule has 1 atom stereocenters. The second-order valence-corrected chi connectivity index (χ2v) is 7.22. The van der Waals surface area contributed by atoms with Crippen LogP contribution in [0.25, 0.3) is 0 Å². The number of piperidine rings is 1. The molecule has 7 nitrogen and oxygen atoms in total. The fourth-order valence-corrected chi connectivity index (χ4v) is 4.49. The minimum absolute atomic E-state index is 0.0252. The van der Waals surface area contributed by atoms with Gasteiger partial charge in [-0.1, -0.05) is 0 Å². The highest BCUT2D eigenvalue weighted by Gasteiger charge is 2.37. The van der Waals surface area contributed by atoms with E-state index in [0.29, 0.717) is 11.6 Å². The number of aromatic nitrogens is 2. The summed E-state index contributed by atoms with van der Waals surface area (Å²) >= 11 is 1.64. The molecule has 0 aromatic carbocycles. The summed E-state index contributed by atoms with van der Waals surface area (Å²) in [6, 6.07) is 1.70. The van der Waals surface area contributed by atoms with Crippen molar-refractivity contribution in [2.75, 3.05) is 36.7 Å². The maximum Gasteiger partial charge on any atom is 0.246 e. The number of carbonyl (C=O) groups excluding carboxylic acids is 2. The molecule has 1 unspecified atom stereocenters. The highest BCUT2D eigenvalue weighted by atomic mass is 32.2. The van der Waals surface area contributed by atoms with E-state index >= 15 is 0 Å². The molecule has 0 spiro atoms. The summed E-state index contributed by atoms with van der Waals surface area (Å²) in [5.74, 6) is 2.09. The molecule has 2 aliphatic heterocycles. The van der Waals surface area contributed by atoms with Crippen LogP contribution in [-0.2, 0) is 9.59 Å². The summed E-state index contributed by atoms with van der Waals surface area (Å²) in [5.41, 5.74) is 0. The number of rotatable bonds is 3. The van der Waals surface area contributed by atoms with Crippen LogP contribution in [-0.4, -0.2) is 75.4 Å². The molecular weight excluding hydrogens is 326 g/mol. The molecule has 0 bridgehead atoms. The van der Waals surface area contributed by atoms with Gasteiger partial charge in [-0.15, -0.1) is 11.8 Å². The quantitative estimate of drug-likeness (QED) is 0.805. The molecule has 24 heavy (non-hydrogen) atoms. The third-order valence-corrected chi connectivity index (χ3v) is 5.78. The molecule has 0 aliphatic carbocycles. The predicted molar refractivity (Wildman–Crippen MR) is 93.7 cm³/mol. The topological polar surface area (TPSA) is 69.6 Å². The molecular formula is C16H23N5O2S. The largest absolute Gasteiger partial charge is 0.341 e. The molecule has 2 amide bonds. The number of likely N-dealkylation sites (N-methyl/N-ethyl adjacent to an activating group) is 1. The van der Waals surface area contributed by atoms with Gasteiger partial charge in [0, 0.05) is 51.2 Å². The van der Waals surface area contributed by atoms with Crippen molar-refractivity contribution in [3.8, 4) is 0 Å². The Bertz CT molecular complexity index is 591. The average Bonchev–Trinajstić information content (AvgIpc) is 3.11. The van der Waals surface area contributed by atoms with E-state index in [1.807, 2.05) is 18.0 Å². The molecule has 1 aromatic rings. The zero-order valence-corrected chi connectivity index (χ0v) is 14.9. The minimum atomic E-state index is -0.312. The first-order chi connectivity index (χ1) is 11.6. The van der Waals surface area contributed by atoms with E-state index < -0.39 is 0 Å². The number of thioether (sulfide) groups is 1.